The third-order valence-electron chi connectivity index (χ3n) is 5.53. The van der Waals surface area contributed by atoms with Crippen LogP contribution < -0.4 is 9.64 Å². The summed E-state index contributed by atoms with van der Waals surface area (Å²) in [6.07, 6.45) is 1.37. The van der Waals surface area contributed by atoms with Crippen LogP contribution in [0.25, 0.3) is 16.8 Å². The molecule has 0 amide bonds. The largest absolute Gasteiger partial charge is 0.497 e. The zero-order chi connectivity index (χ0) is 19.1. The average molecular weight is 366 g/mol. The van der Waals surface area contributed by atoms with E-state index in [1.807, 2.05) is 23.6 Å². The van der Waals surface area contributed by atoms with Crippen LogP contribution in [0.1, 0.15) is 29.8 Å². The molecule has 2 aromatic heterocycles. The van der Waals surface area contributed by atoms with Crippen molar-refractivity contribution in [3.05, 3.63) is 41.2 Å². The van der Waals surface area contributed by atoms with Crippen molar-refractivity contribution in [1.82, 2.24) is 14.6 Å². The molecular weight excluding hydrogens is 340 g/mol. The van der Waals surface area contributed by atoms with E-state index in [0.717, 1.165) is 71.2 Å². The Kier molecular flexibility index (Phi) is 4.52. The first kappa shape index (κ1) is 17.8. The zero-order valence-corrected chi connectivity index (χ0v) is 16.4. The van der Waals surface area contributed by atoms with Crippen LogP contribution in [0, 0.1) is 20.8 Å². The number of fused-ring (bicyclic) bond motifs is 1. The molecule has 1 fully saturated rings. The number of methoxy groups -OCH3 is 1. The lowest BCUT2D eigenvalue weighted by atomic mass is 10.1. The Morgan fingerprint density at radius 2 is 1.70 bits per heavy atom. The van der Waals surface area contributed by atoms with Crippen LogP contribution in [0.2, 0.25) is 0 Å². The Morgan fingerprint density at radius 1 is 1.04 bits per heavy atom. The summed E-state index contributed by atoms with van der Waals surface area (Å²) in [5.41, 5.74) is 6.12. The fourth-order valence-electron chi connectivity index (χ4n) is 3.87. The van der Waals surface area contributed by atoms with Crippen molar-refractivity contribution >= 4 is 11.5 Å². The fourth-order valence-corrected chi connectivity index (χ4v) is 3.87. The predicted octanol–water partition coefficient (Wildman–Crippen LogP) is 3.29. The maximum atomic E-state index is 9.88. The number of aromatic nitrogens is 3. The first-order chi connectivity index (χ1) is 13.0. The number of aliphatic hydroxyl groups is 1. The topological polar surface area (TPSA) is 62.9 Å². The van der Waals surface area contributed by atoms with Gasteiger partial charge in [0.2, 0.25) is 0 Å². The van der Waals surface area contributed by atoms with Crippen molar-refractivity contribution in [2.24, 2.45) is 0 Å². The minimum atomic E-state index is -0.200. The summed E-state index contributed by atoms with van der Waals surface area (Å²) in [5, 5.41) is 14.7. The summed E-state index contributed by atoms with van der Waals surface area (Å²) in [5.74, 6) is 1.92. The molecule has 0 unspecified atom stereocenters. The second kappa shape index (κ2) is 6.85. The molecule has 1 aliphatic rings. The number of anilines is 1. The quantitative estimate of drug-likeness (QED) is 0.771. The van der Waals surface area contributed by atoms with E-state index >= 15 is 0 Å². The van der Waals surface area contributed by atoms with Gasteiger partial charge in [0.25, 0.3) is 0 Å². The highest BCUT2D eigenvalue weighted by Crippen LogP contribution is 2.33. The van der Waals surface area contributed by atoms with Gasteiger partial charge in [-0.2, -0.15) is 9.61 Å². The van der Waals surface area contributed by atoms with E-state index in [4.69, 9.17) is 14.8 Å². The Hall–Kier alpha value is -2.60. The van der Waals surface area contributed by atoms with E-state index < -0.39 is 0 Å². The molecule has 6 nitrogen and oxygen atoms in total. The summed E-state index contributed by atoms with van der Waals surface area (Å²) in [6.45, 7) is 7.85. The highest BCUT2D eigenvalue weighted by Gasteiger charge is 2.25. The molecule has 0 radical (unpaired) electrons. The van der Waals surface area contributed by atoms with Crippen molar-refractivity contribution in [2.45, 2.75) is 39.7 Å². The van der Waals surface area contributed by atoms with Crippen molar-refractivity contribution in [1.29, 1.82) is 0 Å². The molecule has 1 saturated heterocycles. The van der Waals surface area contributed by atoms with Crippen LogP contribution in [-0.2, 0) is 0 Å². The van der Waals surface area contributed by atoms with E-state index in [0.29, 0.717) is 0 Å². The normalized spacial score (nSPS) is 15.5. The summed E-state index contributed by atoms with van der Waals surface area (Å²) in [6, 6.07) is 8.03. The summed E-state index contributed by atoms with van der Waals surface area (Å²) in [4.78, 5) is 7.21. The lowest BCUT2D eigenvalue weighted by molar-refractivity contribution is 0.145. The predicted molar refractivity (Wildman–Crippen MR) is 107 cm³/mol. The number of benzene rings is 1. The van der Waals surface area contributed by atoms with E-state index in [2.05, 4.69) is 30.9 Å². The number of piperidine rings is 1. The number of aliphatic hydroxyl groups excluding tert-OH is 1. The Morgan fingerprint density at radius 3 is 2.33 bits per heavy atom. The van der Waals surface area contributed by atoms with Gasteiger partial charge in [0.15, 0.2) is 5.65 Å². The van der Waals surface area contributed by atoms with Gasteiger partial charge in [0, 0.05) is 29.9 Å². The van der Waals surface area contributed by atoms with E-state index in [1.54, 1.807) is 7.11 Å². The molecule has 142 valence electrons. The minimum absolute atomic E-state index is 0.200. The van der Waals surface area contributed by atoms with Crippen molar-refractivity contribution in [3.63, 3.8) is 0 Å². The third kappa shape index (κ3) is 3.04. The van der Waals surface area contributed by atoms with E-state index in [1.165, 1.54) is 0 Å². The van der Waals surface area contributed by atoms with Crippen LogP contribution >= 0.6 is 0 Å². The molecule has 4 rings (SSSR count). The fraction of sp³-hybridized carbons (Fsp3) is 0.429. The van der Waals surface area contributed by atoms with Gasteiger partial charge in [-0.05, 0) is 51.3 Å². The molecule has 0 bridgehead atoms. The standard InChI is InChI=1S/C21H26N4O2/c1-13-14(2)22-20-19(16-5-7-18(27-4)8-6-16)15(3)23-25(20)21(13)24-11-9-17(26)10-12-24/h5-8,17,26H,9-12H2,1-4H3. The molecule has 1 N–H and O–H groups in total. The second-order valence-electron chi connectivity index (χ2n) is 7.29. The maximum absolute atomic E-state index is 9.88. The number of nitrogens with zero attached hydrogens (tertiary/aromatic N) is 4. The molecule has 0 saturated carbocycles. The van der Waals surface area contributed by atoms with Crippen LogP contribution in [0.5, 0.6) is 5.75 Å². The van der Waals surface area contributed by atoms with Crippen LogP contribution in [0.15, 0.2) is 24.3 Å². The maximum Gasteiger partial charge on any atom is 0.165 e. The molecule has 3 heterocycles. The van der Waals surface area contributed by atoms with Crippen molar-refractivity contribution < 1.29 is 9.84 Å². The lowest BCUT2D eigenvalue weighted by Gasteiger charge is -2.32. The highest BCUT2D eigenvalue weighted by atomic mass is 16.5. The number of aryl methyl sites for hydroxylation is 2. The minimum Gasteiger partial charge on any atom is -0.497 e. The van der Waals surface area contributed by atoms with E-state index in [-0.39, 0.29) is 6.10 Å². The Bertz CT molecular complexity index is 970. The Balaban J connectivity index is 1.89. The third-order valence-corrected chi connectivity index (χ3v) is 5.53. The van der Waals surface area contributed by atoms with Gasteiger partial charge in [-0.25, -0.2) is 4.98 Å². The van der Waals surface area contributed by atoms with Gasteiger partial charge in [-0.15, -0.1) is 0 Å². The highest BCUT2D eigenvalue weighted by molar-refractivity contribution is 5.81. The molecular formula is C21H26N4O2. The van der Waals surface area contributed by atoms with Gasteiger partial charge >= 0.3 is 0 Å². The summed E-state index contributed by atoms with van der Waals surface area (Å²) >= 11 is 0. The number of hydrogen-bond donors (Lipinski definition) is 1. The van der Waals surface area contributed by atoms with Crippen LogP contribution in [0.4, 0.5) is 5.82 Å². The van der Waals surface area contributed by atoms with Crippen molar-refractivity contribution in [3.8, 4) is 16.9 Å². The second-order valence-corrected chi connectivity index (χ2v) is 7.29. The molecule has 0 atom stereocenters. The molecule has 27 heavy (non-hydrogen) atoms. The number of hydrogen-bond acceptors (Lipinski definition) is 5. The first-order valence-electron chi connectivity index (χ1n) is 9.43. The summed E-state index contributed by atoms with van der Waals surface area (Å²) in [7, 11) is 1.67. The van der Waals surface area contributed by atoms with E-state index in [9.17, 15) is 5.11 Å². The van der Waals surface area contributed by atoms with Gasteiger partial charge in [-0.3, -0.25) is 0 Å². The van der Waals surface area contributed by atoms with Crippen LogP contribution in [0.3, 0.4) is 0 Å². The molecule has 6 heteroatoms. The summed E-state index contributed by atoms with van der Waals surface area (Å²) < 4.78 is 7.26. The molecule has 3 aromatic rings. The Labute approximate surface area is 159 Å². The van der Waals surface area contributed by atoms with Gasteiger partial charge in [0.1, 0.15) is 11.6 Å². The lowest BCUT2D eigenvalue weighted by Crippen LogP contribution is -2.37. The molecule has 1 aromatic carbocycles. The van der Waals surface area contributed by atoms with Gasteiger partial charge in [-0.1, -0.05) is 12.1 Å². The van der Waals surface area contributed by atoms with Crippen LogP contribution in [-0.4, -0.2) is 46.0 Å². The number of ether oxygens (including phenoxy) is 1. The van der Waals surface area contributed by atoms with Crippen molar-refractivity contribution in [2.75, 3.05) is 25.1 Å². The molecule has 0 spiro atoms. The van der Waals surface area contributed by atoms with Gasteiger partial charge < -0.3 is 14.7 Å². The molecule has 1 aliphatic heterocycles. The first-order valence-corrected chi connectivity index (χ1v) is 9.43. The van der Waals surface area contributed by atoms with Gasteiger partial charge in [0.05, 0.1) is 18.9 Å². The molecule has 0 aliphatic carbocycles. The SMILES string of the molecule is COc1ccc(-c2c(C)nn3c(N4CCC(O)CC4)c(C)c(C)nc23)cc1. The number of rotatable bonds is 3. The monoisotopic (exact) mass is 366 g/mol. The zero-order valence-electron chi connectivity index (χ0n) is 16.4. The smallest absolute Gasteiger partial charge is 0.165 e. The average Bonchev–Trinajstić information content (AvgIpc) is 2.99.